The number of rotatable bonds is 7. The summed E-state index contributed by atoms with van der Waals surface area (Å²) in [5.41, 5.74) is 3.72. The second kappa shape index (κ2) is 9.78. The van der Waals surface area contributed by atoms with Gasteiger partial charge >= 0.3 is 5.97 Å². The molecule has 0 aliphatic carbocycles. The average molecular weight is 443 g/mol. The van der Waals surface area contributed by atoms with Crippen molar-refractivity contribution < 1.29 is 23.8 Å². The third-order valence-electron chi connectivity index (χ3n) is 4.76. The van der Waals surface area contributed by atoms with Gasteiger partial charge in [0, 0.05) is 11.6 Å². The van der Waals surface area contributed by atoms with E-state index in [-0.39, 0.29) is 24.8 Å². The highest BCUT2D eigenvalue weighted by molar-refractivity contribution is 7.16. The number of benzene rings is 2. The maximum Gasteiger partial charge on any atom is 0.326 e. The third kappa shape index (κ3) is 5.14. The molecule has 1 amide bonds. The van der Waals surface area contributed by atoms with Gasteiger partial charge in [-0.3, -0.25) is 9.59 Å². The Labute approximate surface area is 184 Å². The zero-order chi connectivity index (χ0) is 22.5. The van der Waals surface area contributed by atoms with E-state index in [2.05, 4.69) is 11.1 Å². The lowest BCUT2D eigenvalue weighted by molar-refractivity contribution is -0.143. The van der Waals surface area contributed by atoms with E-state index in [0.717, 1.165) is 21.3 Å². The van der Waals surface area contributed by atoms with Gasteiger partial charge in [0.25, 0.3) is 5.91 Å². The molecule has 8 heteroatoms. The van der Waals surface area contributed by atoms with Gasteiger partial charge in [-0.15, -0.1) is 0 Å². The van der Waals surface area contributed by atoms with Crippen LogP contribution in [0.3, 0.4) is 0 Å². The molecule has 7 nitrogen and oxygen atoms in total. The van der Waals surface area contributed by atoms with Gasteiger partial charge in [0.2, 0.25) is 0 Å². The Morgan fingerprint density at radius 2 is 1.87 bits per heavy atom. The van der Waals surface area contributed by atoms with Crippen molar-refractivity contribution in [1.29, 1.82) is 0 Å². The predicted molar refractivity (Wildman–Crippen MR) is 120 cm³/mol. The van der Waals surface area contributed by atoms with Crippen molar-refractivity contribution >= 4 is 33.4 Å². The maximum absolute atomic E-state index is 12.8. The Kier molecular flexibility index (Phi) is 7.12. The van der Waals surface area contributed by atoms with E-state index >= 15 is 0 Å². The van der Waals surface area contributed by atoms with Crippen molar-refractivity contribution in [2.24, 2.45) is 4.99 Å². The summed E-state index contributed by atoms with van der Waals surface area (Å²) in [4.78, 5) is 29.8. The van der Waals surface area contributed by atoms with Crippen LogP contribution in [0, 0.1) is 13.8 Å². The molecule has 164 valence electrons. The fraction of sp³-hybridized carbons (Fsp3) is 0.348. The lowest BCUT2D eigenvalue weighted by Crippen LogP contribution is -2.23. The first-order chi connectivity index (χ1) is 14.9. The number of methoxy groups -OCH3 is 2. The zero-order valence-electron chi connectivity index (χ0n) is 18.4. The molecule has 1 heterocycles. The monoisotopic (exact) mass is 442 g/mol. The summed E-state index contributed by atoms with van der Waals surface area (Å²) < 4.78 is 18.4. The first-order valence-electron chi connectivity index (χ1n) is 9.91. The number of nitrogens with zero attached hydrogens (tertiary/aromatic N) is 2. The van der Waals surface area contributed by atoms with Crippen LogP contribution in [0.2, 0.25) is 0 Å². The summed E-state index contributed by atoms with van der Waals surface area (Å²) in [5.74, 6) is 0.506. The van der Waals surface area contributed by atoms with Gasteiger partial charge in [0.05, 0.1) is 37.5 Å². The molecule has 3 aromatic rings. The van der Waals surface area contributed by atoms with Crippen molar-refractivity contribution in [2.45, 2.75) is 33.7 Å². The molecular formula is C23H26N2O5S. The lowest BCUT2D eigenvalue weighted by Gasteiger charge is -2.09. The SMILES string of the molecule is CCOC(=O)Cn1c(=NC(=O)Cc2ccc(OC)cc2OC)sc2c(C)cc(C)cc21. The molecule has 0 saturated carbocycles. The highest BCUT2D eigenvalue weighted by Crippen LogP contribution is 2.26. The minimum absolute atomic E-state index is 0.00525. The Bertz CT molecular complexity index is 1190. The summed E-state index contributed by atoms with van der Waals surface area (Å²) in [7, 11) is 3.12. The summed E-state index contributed by atoms with van der Waals surface area (Å²) in [5, 5.41) is 0. The molecule has 1 aromatic heterocycles. The smallest absolute Gasteiger partial charge is 0.326 e. The number of carbonyl (C=O) groups excluding carboxylic acids is 2. The molecule has 0 unspecified atom stereocenters. The number of hydrogen-bond acceptors (Lipinski definition) is 6. The molecule has 0 fully saturated rings. The number of aryl methyl sites for hydroxylation is 2. The molecule has 31 heavy (non-hydrogen) atoms. The molecular weight excluding hydrogens is 416 g/mol. The van der Waals surface area contributed by atoms with E-state index < -0.39 is 0 Å². The van der Waals surface area contributed by atoms with Crippen LogP contribution in [-0.2, 0) is 27.3 Å². The summed E-state index contributed by atoms with van der Waals surface area (Å²) in [6, 6.07) is 9.36. The summed E-state index contributed by atoms with van der Waals surface area (Å²) >= 11 is 1.39. The largest absolute Gasteiger partial charge is 0.497 e. The van der Waals surface area contributed by atoms with Crippen molar-refractivity contribution in [3.8, 4) is 11.5 Å². The van der Waals surface area contributed by atoms with Gasteiger partial charge in [0.15, 0.2) is 4.80 Å². The Hall–Kier alpha value is -3.13. The molecule has 0 radical (unpaired) electrons. The molecule has 0 bridgehead atoms. The normalized spacial score (nSPS) is 11.6. The van der Waals surface area contributed by atoms with E-state index in [9.17, 15) is 9.59 Å². The molecule has 0 spiro atoms. The van der Waals surface area contributed by atoms with Gasteiger partial charge in [0.1, 0.15) is 18.0 Å². The Balaban J connectivity index is 2.03. The number of carbonyl (C=O) groups is 2. The van der Waals surface area contributed by atoms with Gasteiger partial charge in [-0.05, 0) is 44.0 Å². The Morgan fingerprint density at radius 3 is 2.55 bits per heavy atom. The number of esters is 1. The number of amides is 1. The van der Waals surface area contributed by atoms with Crippen molar-refractivity contribution in [1.82, 2.24) is 4.57 Å². The topological polar surface area (TPSA) is 79.1 Å². The van der Waals surface area contributed by atoms with E-state index in [1.807, 2.05) is 19.9 Å². The van der Waals surface area contributed by atoms with Crippen LogP contribution in [0.4, 0.5) is 0 Å². The van der Waals surface area contributed by atoms with E-state index in [1.165, 1.54) is 11.3 Å². The Morgan fingerprint density at radius 1 is 1.10 bits per heavy atom. The predicted octanol–water partition coefficient (Wildman–Crippen LogP) is 3.57. The number of aromatic nitrogens is 1. The van der Waals surface area contributed by atoms with E-state index in [4.69, 9.17) is 14.2 Å². The van der Waals surface area contributed by atoms with Crippen LogP contribution in [-0.4, -0.2) is 37.3 Å². The number of ether oxygens (including phenoxy) is 3. The van der Waals surface area contributed by atoms with Crippen LogP contribution < -0.4 is 14.3 Å². The molecule has 2 aromatic carbocycles. The highest BCUT2D eigenvalue weighted by atomic mass is 32.1. The fourth-order valence-corrected chi connectivity index (χ4v) is 4.49. The minimum Gasteiger partial charge on any atom is -0.497 e. The average Bonchev–Trinajstić information content (AvgIpc) is 3.05. The first-order valence-corrected chi connectivity index (χ1v) is 10.7. The quantitative estimate of drug-likeness (QED) is 0.523. The van der Waals surface area contributed by atoms with Crippen LogP contribution in [0.15, 0.2) is 35.3 Å². The molecule has 0 aliphatic rings. The molecule has 0 saturated heterocycles. The molecule has 0 aliphatic heterocycles. The third-order valence-corrected chi connectivity index (χ3v) is 5.99. The summed E-state index contributed by atoms with van der Waals surface area (Å²) in [6.45, 7) is 6.06. The number of hydrogen-bond donors (Lipinski definition) is 0. The number of thiazole rings is 1. The van der Waals surface area contributed by atoms with E-state index in [0.29, 0.717) is 28.5 Å². The van der Waals surface area contributed by atoms with Crippen LogP contribution in [0.25, 0.3) is 10.2 Å². The van der Waals surface area contributed by atoms with Crippen molar-refractivity contribution in [3.05, 3.63) is 51.8 Å². The van der Waals surface area contributed by atoms with E-state index in [1.54, 1.807) is 43.9 Å². The van der Waals surface area contributed by atoms with Gasteiger partial charge < -0.3 is 18.8 Å². The first kappa shape index (κ1) is 22.6. The standard InChI is InChI=1S/C23H26N2O5S/c1-6-30-21(27)13-25-18-10-14(2)9-15(3)22(18)31-23(25)24-20(26)11-16-7-8-17(28-4)12-19(16)29-5/h7-10,12H,6,11,13H2,1-5H3. The maximum atomic E-state index is 12.8. The van der Waals surface area contributed by atoms with Crippen molar-refractivity contribution in [2.75, 3.05) is 20.8 Å². The fourth-order valence-electron chi connectivity index (χ4n) is 3.39. The molecule has 0 atom stereocenters. The van der Waals surface area contributed by atoms with Crippen LogP contribution in [0.5, 0.6) is 11.5 Å². The number of fused-ring (bicyclic) bond motifs is 1. The van der Waals surface area contributed by atoms with Gasteiger partial charge in [-0.1, -0.05) is 23.5 Å². The zero-order valence-corrected chi connectivity index (χ0v) is 19.2. The van der Waals surface area contributed by atoms with Crippen LogP contribution in [0.1, 0.15) is 23.6 Å². The molecule has 0 N–H and O–H groups in total. The van der Waals surface area contributed by atoms with Crippen molar-refractivity contribution in [3.63, 3.8) is 0 Å². The minimum atomic E-state index is -0.368. The van der Waals surface area contributed by atoms with Gasteiger partial charge in [-0.25, -0.2) is 0 Å². The second-order valence-electron chi connectivity index (χ2n) is 7.07. The summed E-state index contributed by atoms with van der Waals surface area (Å²) in [6.07, 6.45) is 0.0683. The highest BCUT2D eigenvalue weighted by Gasteiger charge is 2.15. The molecule has 3 rings (SSSR count). The second-order valence-corrected chi connectivity index (χ2v) is 8.04. The van der Waals surface area contributed by atoms with Gasteiger partial charge in [-0.2, -0.15) is 4.99 Å². The lowest BCUT2D eigenvalue weighted by atomic mass is 10.1. The van der Waals surface area contributed by atoms with Crippen LogP contribution >= 0.6 is 11.3 Å².